The molecular weight excluding hydrogens is 459 g/mol. The minimum Gasteiger partial charge on any atom is -0.457 e. The van der Waals surface area contributed by atoms with E-state index in [0.717, 1.165) is 28.9 Å². The number of hydrogen-bond acceptors (Lipinski definition) is 5. The maximum Gasteiger partial charge on any atom is 0.416 e. The predicted octanol–water partition coefficient (Wildman–Crippen LogP) is 6.15. The van der Waals surface area contributed by atoms with E-state index in [1.807, 2.05) is 31.1 Å². The van der Waals surface area contributed by atoms with Gasteiger partial charge in [0, 0.05) is 24.0 Å². The summed E-state index contributed by atoms with van der Waals surface area (Å²) in [5.41, 5.74) is 2.28. The first-order valence-electron chi connectivity index (χ1n) is 10.6. The van der Waals surface area contributed by atoms with Crippen LogP contribution in [0.4, 0.5) is 29.3 Å². The molecule has 0 unspecified atom stereocenters. The van der Waals surface area contributed by atoms with Gasteiger partial charge in [0.15, 0.2) is 0 Å². The van der Waals surface area contributed by atoms with Crippen molar-refractivity contribution in [2.24, 2.45) is 0 Å². The van der Waals surface area contributed by atoms with Crippen LogP contribution in [-0.4, -0.2) is 35.0 Å². The van der Waals surface area contributed by atoms with Crippen LogP contribution in [0, 0.1) is 0 Å². The molecule has 2 N–H and O–H groups in total. The Morgan fingerprint density at radius 1 is 0.886 bits per heavy atom. The zero-order valence-electron chi connectivity index (χ0n) is 18.9. The second-order valence-corrected chi connectivity index (χ2v) is 8.03. The van der Waals surface area contributed by atoms with E-state index in [4.69, 9.17) is 4.74 Å². The van der Waals surface area contributed by atoms with E-state index in [9.17, 15) is 18.0 Å². The fraction of sp³-hybridized carbons (Fsp3) is 0.160. The van der Waals surface area contributed by atoms with Gasteiger partial charge >= 0.3 is 12.2 Å². The van der Waals surface area contributed by atoms with Gasteiger partial charge in [-0.2, -0.15) is 13.2 Å². The van der Waals surface area contributed by atoms with Crippen LogP contribution in [0.15, 0.2) is 72.9 Å². The molecule has 2 amide bonds. The van der Waals surface area contributed by atoms with Crippen molar-refractivity contribution in [3.63, 3.8) is 0 Å². The summed E-state index contributed by atoms with van der Waals surface area (Å²) in [7, 11) is 3.92. The molecule has 1 heterocycles. The van der Waals surface area contributed by atoms with Crippen molar-refractivity contribution in [2.75, 3.05) is 24.7 Å². The van der Waals surface area contributed by atoms with E-state index < -0.39 is 17.8 Å². The number of rotatable bonds is 6. The van der Waals surface area contributed by atoms with E-state index in [2.05, 4.69) is 20.6 Å². The summed E-state index contributed by atoms with van der Waals surface area (Å²) < 4.78 is 43.8. The lowest BCUT2D eigenvalue weighted by Gasteiger charge is -2.11. The molecule has 0 fully saturated rings. The number of amides is 2. The van der Waals surface area contributed by atoms with Gasteiger partial charge in [0.1, 0.15) is 11.5 Å². The molecule has 0 aliphatic heterocycles. The smallest absolute Gasteiger partial charge is 0.416 e. The highest BCUT2D eigenvalue weighted by Crippen LogP contribution is 2.30. The molecule has 4 rings (SSSR count). The van der Waals surface area contributed by atoms with Crippen LogP contribution in [0.1, 0.15) is 11.3 Å². The fourth-order valence-electron chi connectivity index (χ4n) is 3.27. The first-order chi connectivity index (χ1) is 16.7. The quantitative estimate of drug-likeness (QED) is 0.346. The summed E-state index contributed by atoms with van der Waals surface area (Å²) in [4.78, 5) is 23.2. The lowest BCUT2D eigenvalue weighted by molar-refractivity contribution is -0.137. The van der Waals surface area contributed by atoms with Gasteiger partial charge < -0.3 is 20.3 Å². The Hall–Kier alpha value is -4.18. The molecule has 0 saturated heterocycles. The second-order valence-electron chi connectivity index (χ2n) is 8.03. The van der Waals surface area contributed by atoms with Crippen molar-refractivity contribution in [2.45, 2.75) is 12.7 Å². The highest BCUT2D eigenvalue weighted by Gasteiger charge is 2.30. The highest BCUT2D eigenvalue weighted by atomic mass is 19.4. The number of fused-ring (bicyclic) bond motifs is 1. The molecule has 10 heteroatoms. The van der Waals surface area contributed by atoms with Crippen molar-refractivity contribution in [3.05, 3.63) is 84.2 Å². The molecule has 3 aromatic carbocycles. The minimum absolute atomic E-state index is 0.239. The number of hydrogen-bond donors (Lipinski definition) is 2. The Kier molecular flexibility index (Phi) is 6.83. The number of aromatic nitrogens is 2. The molecule has 0 aliphatic carbocycles. The van der Waals surface area contributed by atoms with Gasteiger partial charge in [-0.25, -0.2) is 9.78 Å². The molecule has 7 nitrogen and oxygen atoms in total. The standard InChI is InChI=1S/C25H22F3N5O2/c1-33(2)15-19-14-29-22-12-11-21(13-23(22)30-19)35-20-9-7-18(8-10-20)32-24(34)31-17-5-3-16(4-6-17)25(26,27)28/h3-14H,15H2,1-2H3,(H2,31,32,34). The van der Waals surface area contributed by atoms with Gasteiger partial charge in [-0.1, -0.05) is 0 Å². The van der Waals surface area contributed by atoms with Crippen molar-refractivity contribution >= 4 is 28.4 Å². The van der Waals surface area contributed by atoms with Crippen molar-refractivity contribution in [1.82, 2.24) is 14.9 Å². The SMILES string of the molecule is CN(C)Cc1cnc2ccc(Oc3ccc(NC(=O)Nc4ccc(C(F)(F)F)cc4)cc3)cc2n1. The predicted molar refractivity (Wildman–Crippen MR) is 128 cm³/mol. The largest absolute Gasteiger partial charge is 0.457 e. The molecular formula is C25H22F3N5O2. The normalized spacial score (nSPS) is 11.5. The van der Waals surface area contributed by atoms with Crippen LogP contribution in [0.5, 0.6) is 11.5 Å². The third-order valence-corrected chi connectivity index (χ3v) is 4.86. The second kappa shape index (κ2) is 9.98. The number of carbonyl (C=O) groups is 1. The summed E-state index contributed by atoms with van der Waals surface area (Å²) in [6.45, 7) is 0.676. The number of nitrogens with zero attached hydrogens (tertiary/aromatic N) is 3. The third-order valence-electron chi connectivity index (χ3n) is 4.86. The summed E-state index contributed by atoms with van der Waals surface area (Å²) in [6, 6.07) is 15.7. The Morgan fingerprint density at radius 2 is 1.49 bits per heavy atom. The third kappa shape index (κ3) is 6.45. The average molecular weight is 481 g/mol. The van der Waals surface area contributed by atoms with Gasteiger partial charge in [0.05, 0.1) is 28.5 Å². The first kappa shape index (κ1) is 24.0. The van der Waals surface area contributed by atoms with Gasteiger partial charge in [-0.15, -0.1) is 0 Å². The van der Waals surface area contributed by atoms with Crippen molar-refractivity contribution < 1.29 is 22.7 Å². The van der Waals surface area contributed by atoms with Gasteiger partial charge in [0.2, 0.25) is 0 Å². The number of halogens is 3. The number of alkyl halides is 3. The number of carbonyl (C=O) groups excluding carboxylic acids is 1. The molecule has 1 aromatic heterocycles. The monoisotopic (exact) mass is 481 g/mol. The summed E-state index contributed by atoms with van der Waals surface area (Å²) in [5.74, 6) is 1.14. The van der Waals surface area contributed by atoms with Crippen molar-refractivity contribution in [3.8, 4) is 11.5 Å². The molecule has 0 saturated carbocycles. The van der Waals surface area contributed by atoms with E-state index in [1.54, 1.807) is 36.5 Å². The first-order valence-corrected chi connectivity index (χ1v) is 10.6. The highest BCUT2D eigenvalue weighted by molar-refractivity contribution is 5.99. The molecule has 0 aliphatic rings. The summed E-state index contributed by atoms with van der Waals surface area (Å²) in [6.07, 6.45) is -2.68. The van der Waals surface area contributed by atoms with Gasteiger partial charge in [-0.05, 0) is 74.8 Å². The number of nitrogens with one attached hydrogen (secondary N) is 2. The summed E-state index contributed by atoms with van der Waals surface area (Å²) in [5, 5.41) is 5.11. The van der Waals surface area contributed by atoms with Gasteiger partial charge in [0.25, 0.3) is 0 Å². The molecule has 0 atom stereocenters. The van der Waals surface area contributed by atoms with E-state index in [1.165, 1.54) is 12.1 Å². The maximum atomic E-state index is 12.6. The fourth-order valence-corrected chi connectivity index (χ4v) is 3.27. The minimum atomic E-state index is -4.43. The van der Waals surface area contributed by atoms with E-state index in [-0.39, 0.29) is 5.69 Å². The molecule has 35 heavy (non-hydrogen) atoms. The number of urea groups is 1. The Morgan fingerprint density at radius 3 is 2.09 bits per heavy atom. The molecule has 0 radical (unpaired) electrons. The molecule has 4 aromatic rings. The zero-order valence-corrected chi connectivity index (χ0v) is 18.9. The van der Waals surface area contributed by atoms with Crippen molar-refractivity contribution in [1.29, 1.82) is 0 Å². The summed E-state index contributed by atoms with van der Waals surface area (Å²) >= 11 is 0. The Labute approximate surface area is 199 Å². The van der Waals surface area contributed by atoms with Crippen LogP contribution < -0.4 is 15.4 Å². The van der Waals surface area contributed by atoms with Crippen LogP contribution in [-0.2, 0) is 12.7 Å². The number of benzene rings is 3. The van der Waals surface area contributed by atoms with E-state index >= 15 is 0 Å². The maximum absolute atomic E-state index is 12.6. The topological polar surface area (TPSA) is 79.4 Å². The molecule has 0 spiro atoms. The zero-order chi connectivity index (χ0) is 25.0. The molecule has 180 valence electrons. The number of anilines is 2. The van der Waals surface area contributed by atoms with Gasteiger partial charge in [-0.3, -0.25) is 4.98 Å². The Bertz CT molecular complexity index is 1320. The van der Waals surface area contributed by atoms with Crippen LogP contribution in [0.3, 0.4) is 0 Å². The lowest BCUT2D eigenvalue weighted by atomic mass is 10.2. The average Bonchev–Trinajstić information content (AvgIpc) is 2.79. The van der Waals surface area contributed by atoms with Crippen LogP contribution in [0.2, 0.25) is 0 Å². The molecule has 0 bridgehead atoms. The van der Waals surface area contributed by atoms with Crippen LogP contribution >= 0.6 is 0 Å². The van der Waals surface area contributed by atoms with E-state index in [0.29, 0.717) is 23.7 Å². The number of ether oxygens (including phenoxy) is 1. The lowest BCUT2D eigenvalue weighted by Crippen LogP contribution is -2.19. The Balaban J connectivity index is 1.37. The van der Waals surface area contributed by atoms with Crippen LogP contribution in [0.25, 0.3) is 11.0 Å².